The Morgan fingerprint density at radius 1 is 1.15 bits per heavy atom. The number of rotatable bonds is 5. The van der Waals surface area contributed by atoms with Gasteiger partial charge in [-0.1, -0.05) is 54.4 Å². The Labute approximate surface area is 128 Å². The van der Waals surface area contributed by atoms with Gasteiger partial charge in [-0.25, -0.2) is 4.39 Å². The zero-order valence-electron chi connectivity index (χ0n) is 11.2. The van der Waals surface area contributed by atoms with E-state index in [1.54, 1.807) is 18.2 Å². The number of benzene rings is 2. The highest BCUT2D eigenvalue weighted by molar-refractivity contribution is 6.31. The van der Waals surface area contributed by atoms with Crippen LogP contribution < -0.4 is 5.32 Å². The van der Waals surface area contributed by atoms with E-state index in [-0.39, 0.29) is 16.9 Å². The molecule has 1 nitrogen and oxygen atoms in total. The van der Waals surface area contributed by atoms with Gasteiger partial charge < -0.3 is 5.32 Å². The van der Waals surface area contributed by atoms with Crippen molar-refractivity contribution in [3.8, 4) is 0 Å². The molecule has 2 aromatic carbocycles. The lowest BCUT2D eigenvalue weighted by molar-refractivity contribution is 0.510. The summed E-state index contributed by atoms with van der Waals surface area (Å²) in [5.41, 5.74) is 1.64. The highest BCUT2D eigenvalue weighted by Crippen LogP contribution is 2.26. The van der Waals surface area contributed by atoms with Crippen LogP contribution in [0, 0.1) is 5.82 Å². The minimum absolute atomic E-state index is 0.128. The predicted octanol–water partition coefficient (Wildman–Crippen LogP) is 5.03. The minimum Gasteiger partial charge on any atom is -0.310 e. The van der Waals surface area contributed by atoms with Crippen LogP contribution in [0.4, 0.5) is 4.39 Å². The maximum atomic E-state index is 14.2. The summed E-state index contributed by atoms with van der Waals surface area (Å²) in [6.45, 7) is 2.74. The average molecular weight is 312 g/mol. The summed E-state index contributed by atoms with van der Waals surface area (Å²) in [5.74, 6) is -0.359. The topological polar surface area (TPSA) is 12.0 Å². The first-order chi connectivity index (χ1) is 9.61. The Balaban J connectivity index is 2.29. The number of likely N-dealkylation sites (N-methyl/N-ethyl adjacent to an activating group) is 1. The maximum Gasteiger partial charge on any atom is 0.146 e. The molecule has 2 aromatic rings. The zero-order chi connectivity index (χ0) is 14.5. The van der Waals surface area contributed by atoms with Crippen LogP contribution in [-0.2, 0) is 6.42 Å². The van der Waals surface area contributed by atoms with Crippen molar-refractivity contribution in [2.45, 2.75) is 19.4 Å². The molecule has 0 aliphatic carbocycles. The number of hydrogen-bond acceptors (Lipinski definition) is 1. The molecule has 20 heavy (non-hydrogen) atoms. The lowest BCUT2D eigenvalue weighted by Crippen LogP contribution is -2.24. The van der Waals surface area contributed by atoms with Crippen molar-refractivity contribution in [3.05, 3.63) is 69.5 Å². The quantitative estimate of drug-likeness (QED) is 0.817. The molecule has 0 bridgehead atoms. The summed E-state index contributed by atoms with van der Waals surface area (Å²) < 4.78 is 14.2. The second kappa shape index (κ2) is 7.07. The van der Waals surface area contributed by atoms with Gasteiger partial charge in [0.15, 0.2) is 0 Å². The fourth-order valence-corrected chi connectivity index (χ4v) is 2.62. The summed E-state index contributed by atoms with van der Waals surface area (Å²) in [7, 11) is 0. The molecule has 0 aliphatic rings. The molecule has 0 aromatic heterocycles. The van der Waals surface area contributed by atoms with Gasteiger partial charge >= 0.3 is 0 Å². The molecule has 0 amide bonds. The van der Waals surface area contributed by atoms with Crippen LogP contribution in [0.3, 0.4) is 0 Å². The fourth-order valence-electron chi connectivity index (χ4n) is 2.23. The van der Waals surface area contributed by atoms with Crippen LogP contribution in [0.5, 0.6) is 0 Å². The molecule has 0 spiro atoms. The van der Waals surface area contributed by atoms with Gasteiger partial charge in [-0.2, -0.15) is 0 Å². The Kier molecular flexibility index (Phi) is 5.41. The Hall–Kier alpha value is -1.09. The van der Waals surface area contributed by atoms with Crippen molar-refractivity contribution >= 4 is 23.2 Å². The first kappa shape index (κ1) is 15.3. The van der Waals surface area contributed by atoms with Gasteiger partial charge in [-0.3, -0.25) is 0 Å². The number of halogens is 3. The van der Waals surface area contributed by atoms with Gasteiger partial charge in [0.25, 0.3) is 0 Å². The monoisotopic (exact) mass is 311 g/mol. The average Bonchev–Trinajstić information content (AvgIpc) is 2.42. The fraction of sp³-hybridized carbons (Fsp3) is 0.250. The molecular formula is C16H16Cl2FN. The van der Waals surface area contributed by atoms with E-state index in [0.717, 1.165) is 12.1 Å². The van der Waals surface area contributed by atoms with Gasteiger partial charge in [-0.15, -0.1) is 0 Å². The van der Waals surface area contributed by atoms with Crippen LogP contribution in [0.25, 0.3) is 0 Å². The van der Waals surface area contributed by atoms with Crippen LogP contribution >= 0.6 is 23.2 Å². The van der Waals surface area contributed by atoms with Crippen molar-refractivity contribution in [2.75, 3.05) is 6.54 Å². The standard InChI is InChI=1S/C16H16Cl2FN/c1-2-20-15(10-11-5-3-6-12(17)9-11)13-7-4-8-14(18)16(13)19/h3-9,15,20H,2,10H2,1H3. The van der Waals surface area contributed by atoms with Crippen molar-refractivity contribution in [1.82, 2.24) is 5.32 Å². The van der Waals surface area contributed by atoms with Crippen LogP contribution in [-0.4, -0.2) is 6.54 Å². The largest absolute Gasteiger partial charge is 0.310 e. The maximum absolute atomic E-state index is 14.2. The van der Waals surface area contributed by atoms with E-state index in [1.165, 1.54) is 0 Å². The zero-order valence-corrected chi connectivity index (χ0v) is 12.7. The molecule has 1 atom stereocenters. The van der Waals surface area contributed by atoms with Crippen molar-refractivity contribution in [1.29, 1.82) is 0 Å². The van der Waals surface area contributed by atoms with E-state index in [4.69, 9.17) is 23.2 Å². The van der Waals surface area contributed by atoms with E-state index in [0.29, 0.717) is 17.0 Å². The molecule has 1 N–H and O–H groups in total. The molecule has 0 aliphatic heterocycles. The Bertz CT molecular complexity index is 586. The first-order valence-electron chi connectivity index (χ1n) is 6.53. The van der Waals surface area contributed by atoms with E-state index in [2.05, 4.69) is 5.32 Å². The molecule has 0 fully saturated rings. The van der Waals surface area contributed by atoms with E-state index >= 15 is 0 Å². The third-order valence-electron chi connectivity index (χ3n) is 3.14. The van der Waals surface area contributed by atoms with Gasteiger partial charge in [0.1, 0.15) is 5.82 Å². The van der Waals surface area contributed by atoms with Crippen molar-refractivity contribution in [2.24, 2.45) is 0 Å². The highest BCUT2D eigenvalue weighted by Gasteiger charge is 2.17. The lowest BCUT2D eigenvalue weighted by Gasteiger charge is -2.19. The second-order valence-corrected chi connectivity index (χ2v) is 5.43. The number of nitrogens with one attached hydrogen (secondary N) is 1. The molecule has 2 rings (SSSR count). The van der Waals surface area contributed by atoms with Crippen molar-refractivity contribution in [3.63, 3.8) is 0 Å². The summed E-state index contributed by atoms with van der Waals surface area (Å²) in [4.78, 5) is 0. The van der Waals surface area contributed by atoms with Gasteiger partial charge in [0, 0.05) is 16.6 Å². The summed E-state index contributed by atoms with van der Waals surface area (Å²) >= 11 is 11.9. The van der Waals surface area contributed by atoms with Crippen LogP contribution in [0.1, 0.15) is 24.1 Å². The first-order valence-corrected chi connectivity index (χ1v) is 7.29. The third-order valence-corrected chi connectivity index (χ3v) is 3.66. The number of hydrogen-bond donors (Lipinski definition) is 1. The molecule has 0 radical (unpaired) electrons. The lowest BCUT2D eigenvalue weighted by atomic mass is 9.98. The summed E-state index contributed by atoms with van der Waals surface area (Å²) in [6, 6.07) is 12.6. The van der Waals surface area contributed by atoms with Gasteiger partial charge in [-0.05, 0) is 36.7 Å². The normalized spacial score (nSPS) is 12.4. The smallest absolute Gasteiger partial charge is 0.146 e. The molecule has 0 saturated carbocycles. The predicted molar refractivity (Wildman–Crippen MR) is 83.0 cm³/mol. The van der Waals surface area contributed by atoms with E-state index in [9.17, 15) is 4.39 Å². The molecular weight excluding hydrogens is 296 g/mol. The van der Waals surface area contributed by atoms with Crippen LogP contribution in [0.15, 0.2) is 42.5 Å². The van der Waals surface area contributed by atoms with Crippen molar-refractivity contribution < 1.29 is 4.39 Å². The molecule has 4 heteroatoms. The Morgan fingerprint density at radius 3 is 2.60 bits per heavy atom. The van der Waals surface area contributed by atoms with E-state index < -0.39 is 0 Å². The highest BCUT2D eigenvalue weighted by atomic mass is 35.5. The van der Waals surface area contributed by atoms with Crippen LogP contribution in [0.2, 0.25) is 10.0 Å². The van der Waals surface area contributed by atoms with Gasteiger partial charge in [0.2, 0.25) is 0 Å². The molecule has 106 valence electrons. The minimum atomic E-state index is -0.359. The third kappa shape index (κ3) is 3.72. The Morgan fingerprint density at radius 2 is 1.90 bits per heavy atom. The van der Waals surface area contributed by atoms with E-state index in [1.807, 2.05) is 31.2 Å². The summed E-state index contributed by atoms with van der Waals surface area (Å²) in [6.07, 6.45) is 0.658. The molecule has 0 heterocycles. The second-order valence-electron chi connectivity index (χ2n) is 4.59. The van der Waals surface area contributed by atoms with Gasteiger partial charge in [0.05, 0.1) is 5.02 Å². The molecule has 0 saturated heterocycles. The molecule has 1 unspecified atom stereocenters. The summed E-state index contributed by atoms with van der Waals surface area (Å²) in [5, 5.41) is 4.13. The SMILES string of the molecule is CCNC(Cc1cccc(Cl)c1)c1cccc(Cl)c1F.